The Morgan fingerprint density at radius 3 is 2.20 bits per heavy atom. The molecule has 2 N–H and O–H groups in total. The van der Waals surface area contributed by atoms with E-state index in [0.29, 0.717) is 0 Å². The number of nitrogens with one attached hydrogen (secondary N) is 2. The number of sulfone groups is 1. The number of nitro groups is 1. The molecule has 0 unspecified atom stereocenters. The zero-order chi connectivity index (χ0) is 22.1. The van der Waals surface area contributed by atoms with E-state index in [1.165, 1.54) is 24.3 Å². The Kier molecular flexibility index (Phi) is 7.58. The van der Waals surface area contributed by atoms with E-state index in [9.17, 15) is 32.9 Å². The molecule has 2 rings (SSSR count). The van der Waals surface area contributed by atoms with Crippen LogP contribution in [0.4, 0.5) is 5.69 Å². The van der Waals surface area contributed by atoms with Crippen LogP contribution in [0.15, 0.2) is 59.5 Å². The van der Waals surface area contributed by atoms with Crippen molar-refractivity contribution in [2.45, 2.75) is 11.3 Å². The van der Waals surface area contributed by atoms with Gasteiger partial charge in [-0.05, 0) is 24.3 Å². The standard InChI is InChI=1S/C18H17N3O8S/c22-16(19-20-18(24)13-6-8-14(9-7-13)21(25)26)12-29-17(23)10-11-30(27,28)15-4-2-1-3-5-15/h1-9H,10-12H2,(H,19,22)(H,20,24). The molecule has 2 amide bonds. The molecule has 11 nitrogen and oxygen atoms in total. The molecular weight excluding hydrogens is 418 g/mol. The zero-order valence-corrected chi connectivity index (χ0v) is 16.3. The lowest BCUT2D eigenvalue weighted by molar-refractivity contribution is -0.384. The van der Waals surface area contributed by atoms with Crippen LogP contribution in [0.1, 0.15) is 16.8 Å². The molecule has 0 bridgehead atoms. The predicted octanol–water partition coefficient (Wildman–Crippen LogP) is 0.763. The lowest BCUT2D eigenvalue weighted by atomic mass is 10.2. The number of hydrazine groups is 1. The highest BCUT2D eigenvalue weighted by Crippen LogP contribution is 2.12. The van der Waals surface area contributed by atoms with Crippen LogP contribution in [0, 0.1) is 10.1 Å². The number of esters is 1. The monoisotopic (exact) mass is 435 g/mol. The predicted molar refractivity (Wildman–Crippen MR) is 103 cm³/mol. The van der Waals surface area contributed by atoms with Gasteiger partial charge in [0.15, 0.2) is 16.4 Å². The van der Waals surface area contributed by atoms with Gasteiger partial charge >= 0.3 is 5.97 Å². The molecule has 0 atom stereocenters. The van der Waals surface area contributed by atoms with Gasteiger partial charge in [-0.3, -0.25) is 35.3 Å². The Morgan fingerprint density at radius 2 is 1.60 bits per heavy atom. The second kappa shape index (κ2) is 10.1. The SMILES string of the molecule is O=C(COC(=O)CCS(=O)(=O)c1ccccc1)NNC(=O)c1ccc([N+](=O)[O-])cc1. The molecule has 2 aromatic rings. The van der Waals surface area contributed by atoms with E-state index in [1.807, 2.05) is 5.43 Å². The molecule has 0 spiro atoms. The number of carbonyl (C=O) groups is 3. The van der Waals surface area contributed by atoms with Crippen LogP contribution in [0.5, 0.6) is 0 Å². The van der Waals surface area contributed by atoms with E-state index in [1.54, 1.807) is 18.2 Å². The maximum Gasteiger partial charge on any atom is 0.307 e. The summed E-state index contributed by atoms with van der Waals surface area (Å²) in [4.78, 5) is 45.2. The number of hydrogen-bond donors (Lipinski definition) is 2. The number of nitrogens with zero attached hydrogens (tertiary/aromatic N) is 1. The summed E-state index contributed by atoms with van der Waals surface area (Å²) < 4.78 is 28.8. The number of non-ortho nitro benzene ring substituents is 1. The van der Waals surface area contributed by atoms with Gasteiger partial charge in [-0.25, -0.2) is 8.42 Å². The second-order valence-corrected chi connectivity index (χ2v) is 7.96. The lowest BCUT2D eigenvalue weighted by Crippen LogP contribution is -2.43. The molecule has 0 aliphatic heterocycles. The van der Waals surface area contributed by atoms with Gasteiger partial charge in [0.2, 0.25) is 0 Å². The molecule has 0 saturated heterocycles. The summed E-state index contributed by atoms with van der Waals surface area (Å²) in [5, 5.41) is 10.6. The van der Waals surface area contributed by atoms with Gasteiger partial charge < -0.3 is 4.74 Å². The number of nitro benzene ring substituents is 1. The minimum absolute atomic E-state index is 0.0593. The Balaban J connectivity index is 1.73. The number of amides is 2. The number of benzene rings is 2. The highest BCUT2D eigenvalue weighted by Gasteiger charge is 2.17. The number of rotatable bonds is 8. The number of ether oxygens (including phenoxy) is 1. The zero-order valence-electron chi connectivity index (χ0n) is 15.4. The van der Waals surface area contributed by atoms with E-state index >= 15 is 0 Å². The first-order chi connectivity index (χ1) is 14.2. The molecule has 0 aromatic heterocycles. The second-order valence-electron chi connectivity index (χ2n) is 5.85. The molecule has 0 aliphatic rings. The van der Waals surface area contributed by atoms with E-state index in [0.717, 1.165) is 12.1 Å². The van der Waals surface area contributed by atoms with E-state index in [4.69, 9.17) is 0 Å². The van der Waals surface area contributed by atoms with Gasteiger partial charge in [0.25, 0.3) is 17.5 Å². The van der Waals surface area contributed by atoms with Crippen LogP contribution in [0.3, 0.4) is 0 Å². The van der Waals surface area contributed by atoms with Crippen molar-refractivity contribution in [2.24, 2.45) is 0 Å². The molecule has 0 aliphatic carbocycles. The minimum Gasteiger partial charge on any atom is -0.455 e. The summed E-state index contributed by atoms with van der Waals surface area (Å²) in [5.41, 5.74) is 3.92. The van der Waals surface area contributed by atoms with Crippen LogP contribution >= 0.6 is 0 Å². The summed E-state index contributed by atoms with van der Waals surface area (Å²) in [6, 6.07) is 12.2. The third-order valence-electron chi connectivity index (χ3n) is 3.70. The normalized spacial score (nSPS) is 10.7. The van der Waals surface area contributed by atoms with E-state index in [-0.39, 0.29) is 16.1 Å². The summed E-state index contributed by atoms with van der Waals surface area (Å²) in [5.74, 6) is -2.97. The summed E-state index contributed by atoms with van der Waals surface area (Å²) in [6.07, 6.45) is -0.445. The van der Waals surface area contributed by atoms with Crippen molar-refractivity contribution in [3.05, 3.63) is 70.3 Å². The Morgan fingerprint density at radius 1 is 0.967 bits per heavy atom. The van der Waals surface area contributed by atoms with Crippen LogP contribution in [0.2, 0.25) is 0 Å². The minimum atomic E-state index is -3.66. The largest absolute Gasteiger partial charge is 0.455 e. The fourth-order valence-electron chi connectivity index (χ4n) is 2.15. The topological polar surface area (TPSA) is 162 Å². The molecular formula is C18H17N3O8S. The first kappa shape index (κ1) is 22.5. The van der Waals surface area contributed by atoms with Gasteiger partial charge in [-0.1, -0.05) is 18.2 Å². The van der Waals surface area contributed by atoms with Crippen molar-refractivity contribution in [1.29, 1.82) is 0 Å². The van der Waals surface area contributed by atoms with Gasteiger partial charge in [0.1, 0.15) is 0 Å². The van der Waals surface area contributed by atoms with Crippen molar-refractivity contribution >= 4 is 33.3 Å². The fourth-order valence-corrected chi connectivity index (χ4v) is 3.39. The van der Waals surface area contributed by atoms with Crippen molar-refractivity contribution in [1.82, 2.24) is 10.9 Å². The number of hydrogen-bond acceptors (Lipinski definition) is 8. The highest BCUT2D eigenvalue weighted by molar-refractivity contribution is 7.91. The quantitative estimate of drug-likeness (QED) is 0.349. The van der Waals surface area contributed by atoms with Crippen LogP contribution < -0.4 is 10.9 Å². The number of carbonyl (C=O) groups excluding carboxylic acids is 3. The highest BCUT2D eigenvalue weighted by atomic mass is 32.2. The molecule has 0 fully saturated rings. The van der Waals surface area contributed by atoms with Crippen molar-refractivity contribution in [3.8, 4) is 0 Å². The van der Waals surface area contributed by atoms with Crippen LogP contribution in [-0.2, 0) is 24.2 Å². The average Bonchev–Trinajstić information content (AvgIpc) is 2.75. The molecule has 0 radical (unpaired) electrons. The maximum absolute atomic E-state index is 12.1. The first-order valence-corrected chi connectivity index (χ1v) is 10.1. The van der Waals surface area contributed by atoms with Crippen molar-refractivity contribution in [3.63, 3.8) is 0 Å². The first-order valence-electron chi connectivity index (χ1n) is 8.46. The maximum atomic E-state index is 12.1. The Hall–Kier alpha value is -3.80. The fraction of sp³-hybridized carbons (Fsp3) is 0.167. The summed E-state index contributed by atoms with van der Waals surface area (Å²) in [6.45, 7) is -0.731. The molecule has 2 aromatic carbocycles. The lowest BCUT2D eigenvalue weighted by Gasteiger charge is -2.08. The van der Waals surface area contributed by atoms with E-state index in [2.05, 4.69) is 10.2 Å². The third-order valence-corrected chi connectivity index (χ3v) is 5.43. The van der Waals surface area contributed by atoms with Gasteiger partial charge in [-0.15, -0.1) is 0 Å². The average molecular weight is 435 g/mol. The Labute approximate surface area is 171 Å². The van der Waals surface area contributed by atoms with Gasteiger partial charge in [0, 0.05) is 17.7 Å². The van der Waals surface area contributed by atoms with Crippen LogP contribution in [-0.4, -0.2) is 43.5 Å². The molecule has 158 valence electrons. The van der Waals surface area contributed by atoms with Crippen molar-refractivity contribution < 1.29 is 32.5 Å². The summed E-state index contributed by atoms with van der Waals surface area (Å²) >= 11 is 0. The van der Waals surface area contributed by atoms with Gasteiger partial charge in [0.05, 0.1) is 22.0 Å². The third kappa shape index (κ3) is 6.67. The smallest absolute Gasteiger partial charge is 0.307 e. The van der Waals surface area contributed by atoms with E-state index < -0.39 is 51.3 Å². The molecule has 0 saturated carbocycles. The summed E-state index contributed by atoms with van der Waals surface area (Å²) in [7, 11) is -3.66. The van der Waals surface area contributed by atoms with Gasteiger partial charge in [-0.2, -0.15) is 0 Å². The van der Waals surface area contributed by atoms with Crippen LogP contribution in [0.25, 0.3) is 0 Å². The molecule has 12 heteroatoms. The Bertz CT molecular complexity index is 1040. The molecule has 30 heavy (non-hydrogen) atoms. The van der Waals surface area contributed by atoms with Crippen molar-refractivity contribution in [2.75, 3.05) is 12.4 Å². The molecule has 0 heterocycles.